The molecule has 0 fully saturated rings. The van der Waals surface area contributed by atoms with Crippen LogP contribution in [0.2, 0.25) is 10.0 Å². The maximum atomic E-state index is 12.5. The van der Waals surface area contributed by atoms with Gasteiger partial charge in [0.25, 0.3) is 0 Å². The number of carbonyl (C=O) groups excluding carboxylic acids is 1. The van der Waals surface area contributed by atoms with Crippen molar-refractivity contribution < 1.29 is 13.2 Å². The highest BCUT2D eigenvalue weighted by Gasteiger charge is 2.14. The van der Waals surface area contributed by atoms with E-state index in [2.05, 4.69) is 20.3 Å². The van der Waals surface area contributed by atoms with Gasteiger partial charge in [-0.25, -0.2) is 17.9 Å². The summed E-state index contributed by atoms with van der Waals surface area (Å²) in [5.41, 5.74) is 2.01. The molecule has 7 nitrogen and oxygen atoms in total. The van der Waals surface area contributed by atoms with Gasteiger partial charge in [0.15, 0.2) is 0 Å². The molecule has 0 aliphatic rings. The summed E-state index contributed by atoms with van der Waals surface area (Å²) in [4.78, 5) is 16.0. The highest BCUT2D eigenvalue weighted by molar-refractivity contribution is 7.89. The van der Waals surface area contributed by atoms with Crippen LogP contribution in [-0.2, 0) is 23.1 Å². The maximum absolute atomic E-state index is 12.5. The number of nitrogens with one attached hydrogen (secondary N) is 3. The number of hydrogen-bond acceptors (Lipinski definition) is 4. The lowest BCUT2D eigenvalue weighted by molar-refractivity contribution is 0.251. The molecule has 3 N–H and O–H groups in total. The van der Waals surface area contributed by atoms with Crippen LogP contribution in [0.4, 0.5) is 10.5 Å². The molecule has 30 heavy (non-hydrogen) atoms. The standard InChI is InChI=1S/C20H18Cl2N4O3S/c21-16-9-15(10-17(22)11-16)13-25-30(28,29)19-3-1-18(2-4-19)26-20(27)24-12-14-5-7-23-8-6-14/h1-11,25H,12-13H2,(H2,24,26,27). The van der Waals surface area contributed by atoms with Crippen molar-refractivity contribution in [3.63, 3.8) is 0 Å². The summed E-state index contributed by atoms with van der Waals surface area (Å²) in [7, 11) is -3.75. The van der Waals surface area contributed by atoms with E-state index in [0.29, 0.717) is 27.8 Å². The highest BCUT2D eigenvalue weighted by atomic mass is 35.5. The zero-order valence-electron chi connectivity index (χ0n) is 15.6. The van der Waals surface area contributed by atoms with Crippen molar-refractivity contribution in [3.8, 4) is 0 Å². The van der Waals surface area contributed by atoms with E-state index in [0.717, 1.165) is 5.56 Å². The van der Waals surface area contributed by atoms with Gasteiger partial charge in [-0.3, -0.25) is 4.98 Å². The van der Waals surface area contributed by atoms with Crippen LogP contribution in [0.1, 0.15) is 11.1 Å². The lowest BCUT2D eigenvalue weighted by Crippen LogP contribution is -2.28. The summed E-state index contributed by atoms with van der Waals surface area (Å²) >= 11 is 11.9. The molecule has 0 spiro atoms. The summed E-state index contributed by atoms with van der Waals surface area (Å²) in [6.45, 7) is 0.387. The molecule has 0 radical (unpaired) electrons. The molecule has 0 saturated heterocycles. The Bertz CT molecular complexity index is 1100. The smallest absolute Gasteiger partial charge is 0.319 e. The Hall–Kier alpha value is -2.65. The van der Waals surface area contributed by atoms with Gasteiger partial charge in [0.05, 0.1) is 4.90 Å². The number of amides is 2. The van der Waals surface area contributed by atoms with Crippen molar-refractivity contribution in [2.75, 3.05) is 5.32 Å². The fourth-order valence-corrected chi connectivity index (χ4v) is 4.14. The maximum Gasteiger partial charge on any atom is 0.319 e. The lowest BCUT2D eigenvalue weighted by Gasteiger charge is -2.10. The number of benzene rings is 2. The first-order chi connectivity index (χ1) is 14.3. The molecule has 3 rings (SSSR count). The van der Waals surface area contributed by atoms with E-state index < -0.39 is 16.1 Å². The summed E-state index contributed by atoms with van der Waals surface area (Å²) < 4.78 is 27.5. The number of sulfonamides is 1. The average Bonchev–Trinajstić information content (AvgIpc) is 2.71. The predicted octanol–water partition coefficient (Wildman–Crippen LogP) is 4.19. The van der Waals surface area contributed by atoms with Crippen molar-refractivity contribution >= 4 is 44.9 Å². The SMILES string of the molecule is O=C(NCc1ccncc1)Nc1ccc(S(=O)(=O)NCc2cc(Cl)cc(Cl)c2)cc1. The second-order valence-corrected chi connectivity index (χ2v) is 8.93. The molecular weight excluding hydrogens is 447 g/mol. The molecule has 2 aromatic carbocycles. The van der Waals surface area contributed by atoms with Crippen molar-refractivity contribution in [3.05, 3.63) is 88.2 Å². The Kier molecular flexibility index (Phi) is 7.28. The van der Waals surface area contributed by atoms with Crippen LogP contribution in [0, 0.1) is 0 Å². The largest absolute Gasteiger partial charge is 0.334 e. The average molecular weight is 465 g/mol. The highest BCUT2D eigenvalue weighted by Crippen LogP contribution is 2.20. The van der Waals surface area contributed by atoms with Gasteiger partial charge in [0.2, 0.25) is 10.0 Å². The minimum absolute atomic E-state index is 0.0417. The Morgan fingerprint density at radius 2 is 1.50 bits per heavy atom. The zero-order chi connectivity index (χ0) is 21.6. The van der Waals surface area contributed by atoms with Crippen molar-refractivity contribution in [2.24, 2.45) is 0 Å². The summed E-state index contributed by atoms with van der Waals surface area (Å²) in [5, 5.41) is 6.21. The van der Waals surface area contributed by atoms with Crippen LogP contribution >= 0.6 is 23.2 Å². The van der Waals surface area contributed by atoms with Gasteiger partial charge in [0, 0.05) is 41.2 Å². The summed E-state index contributed by atoms with van der Waals surface area (Å²) in [6.07, 6.45) is 3.28. The number of pyridine rings is 1. The van der Waals surface area contributed by atoms with Gasteiger partial charge in [-0.15, -0.1) is 0 Å². The topological polar surface area (TPSA) is 100 Å². The fraction of sp³-hybridized carbons (Fsp3) is 0.100. The lowest BCUT2D eigenvalue weighted by atomic mass is 10.2. The molecule has 0 bridgehead atoms. The van der Waals surface area contributed by atoms with Crippen molar-refractivity contribution in [2.45, 2.75) is 18.0 Å². The molecular formula is C20H18Cl2N4O3S. The normalized spacial score (nSPS) is 11.1. The second kappa shape index (κ2) is 9.90. The van der Waals surface area contributed by atoms with Gasteiger partial charge < -0.3 is 10.6 Å². The zero-order valence-corrected chi connectivity index (χ0v) is 17.9. The van der Waals surface area contributed by atoms with E-state index in [4.69, 9.17) is 23.2 Å². The number of halogens is 2. The minimum atomic E-state index is -3.75. The van der Waals surface area contributed by atoms with E-state index >= 15 is 0 Å². The Morgan fingerprint density at radius 1 is 0.867 bits per heavy atom. The molecule has 0 aliphatic carbocycles. The molecule has 1 heterocycles. The van der Waals surface area contributed by atoms with Crippen LogP contribution in [0.3, 0.4) is 0 Å². The van der Waals surface area contributed by atoms with E-state index in [1.165, 1.54) is 24.3 Å². The summed E-state index contributed by atoms with van der Waals surface area (Å²) in [6, 6.07) is 13.9. The Labute approximate surface area is 184 Å². The Morgan fingerprint density at radius 3 is 2.13 bits per heavy atom. The van der Waals surface area contributed by atoms with E-state index in [9.17, 15) is 13.2 Å². The van der Waals surface area contributed by atoms with Crippen LogP contribution in [-0.4, -0.2) is 19.4 Å². The third kappa shape index (κ3) is 6.43. The molecule has 10 heteroatoms. The van der Waals surface area contributed by atoms with Crippen LogP contribution in [0.25, 0.3) is 0 Å². The molecule has 1 aromatic heterocycles. The van der Waals surface area contributed by atoms with Crippen LogP contribution < -0.4 is 15.4 Å². The minimum Gasteiger partial charge on any atom is -0.334 e. The molecule has 0 saturated carbocycles. The van der Waals surface area contributed by atoms with Crippen LogP contribution in [0.5, 0.6) is 0 Å². The molecule has 3 aromatic rings. The van der Waals surface area contributed by atoms with Gasteiger partial charge in [0.1, 0.15) is 0 Å². The van der Waals surface area contributed by atoms with E-state index in [1.807, 2.05) is 0 Å². The van der Waals surface area contributed by atoms with E-state index in [1.54, 1.807) is 42.7 Å². The first-order valence-electron chi connectivity index (χ1n) is 8.80. The quantitative estimate of drug-likeness (QED) is 0.487. The number of rotatable bonds is 7. The monoisotopic (exact) mass is 464 g/mol. The van der Waals surface area contributed by atoms with Crippen molar-refractivity contribution in [1.82, 2.24) is 15.0 Å². The number of urea groups is 1. The number of anilines is 1. The number of aromatic nitrogens is 1. The first kappa shape index (κ1) is 22.0. The third-order valence-electron chi connectivity index (χ3n) is 4.01. The summed E-state index contributed by atoms with van der Waals surface area (Å²) in [5.74, 6) is 0. The fourth-order valence-electron chi connectivity index (χ4n) is 2.55. The van der Waals surface area contributed by atoms with Crippen LogP contribution in [0.15, 0.2) is 71.9 Å². The Balaban J connectivity index is 1.56. The first-order valence-corrected chi connectivity index (χ1v) is 11.0. The van der Waals surface area contributed by atoms with Gasteiger partial charge in [-0.1, -0.05) is 23.2 Å². The third-order valence-corrected chi connectivity index (χ3v) is 5.87. The van der Waals surface area contributed by atoms with Gasteiger partial charge >= 0.3 is 6.03 Å². The molecule has 2 amide bonds. The number of hydrogen-bond donors (Lipinski definition) is 3. The van der Waals surface area contributed by atoms with E-state index in [-0.39, 0.29) is 11.4 Å². The van der Waals surface area contributed by atoms with Crippen molar-refractivity contribution in [1.29, 1.82) is 0 Å². The number of nitrogens with zero attached hydrogens (tertiary/aromatic N) is 1. The molecule has 0 atom stereocenters. The molecule has 156 valence electrons. The number of carbonyl (C=O) groups is 1. The second-order valence-electron chi connectivity index (χ2n) is 6.29. The molecule has 0 aliphatic heterocycles. The predicted molar refractivity (Wildman–Crippen MR) is 117 cm³/mol. The van der Waals surface area contributed by atoms with Gasteiger partial charge in [-0.2, -0.15) is 0 Å². The van der Waals surface area contributed by atoms with Gasteiger partial charge in [-0.05, 0) is 65.7 Å². The molecule has 0 unspecified atom stereocenters.